The van der Waals surface area contributed by atoms with Crippen molar-refractivity contribution in [1.29, 1.82) is 0 Å². The van der Waals surface area contributed by atoms with Gasteiger partial charge in [-0.1, -0.05) is 20.8 Å². The minimum atomic E-state index is -1.79. The highest BCUT2D eigenvalue weighted by molar-refractivity contribution is 6.74. The van der Waals surface area contributed by atoms with Gasteiger partial charge < -0.3 is 13.9 Å². The van der Waals surface area contributed by atoms with Gasteiger partial charge in [0.05, 0.1) is 17.6 Å². The van der Waals surface area contributed by atoms with Gasteiger partial charge >= 0.3 is 11.6 Å². The molecule has 0 spiro atoms. The molecule has 0 aromatic carbocycles. The van der Waals surface area contributed by atoms with E-state index in [1.807, 2.05) is 0 Å². The Balaban J connectivity index is 1.96. The zero-order chi connectivity index (χ0) is 20.2. The van der Waals surface area contributed by atoms with Crippen LogP contribution < -0.4 is 4.74 Å². The Kier molecular flexibility index (Phi) is 7.04. The number of aromatic nitrogens is 2. The first-order chi connectivity index (χ1) is 12.5. The van der Waals surface area contributed by atoms with Crippen LogP contribution >= 0.6 is 0 Å². The molecule has 27 heavy (non-hydrogen) atoms. The van der Waals surface area contributed by atoms with E-state index >= 15 is 0 Å². The highest BCUT2D eigenvalue weighted by Crippen LogP contribution is 2.37. The quantitative estimate of drug-likeness (QED) is 0.281. The van der Waals surface area contributed by atoms with Crippen LogP contribution in [0.5, 0.6) is 5.88 Å². The normalized spacial score (nSPS) is 16.5. The molecule has 1 aromatic rings. The van der Waals surface area contributed by atoms with Crippen LogP contribution in [-0.2, 0) is 9.16 Å². The molecule has 0 bridgehead atoms. The van der Waals surface area contributed by atoms with Gasteiger partial charge in [-0.15, -0.1) is 5.10 Å². The molecule has 1 aromatic heterocycles. The first kappa shape index (κ1) is 21.8. The monoisotopic (exact) mass is 399 g/mol. The van der Waals surface area contributed by atoms with Crippen molar-refractivity contribution in [3.8, 4) is 5.88 Å². The SMILES string of the molecule is Cc1c([N+](=O)[O-])c(OCCCO[Si](C)(C)C(C)(C)C)nn1C1CCOCC1. The first-order valence-corrected chi connectivity index (χ1v) is 12.5. The van der Waals surface area contributed by atoms with Crippen molar-refractivity contribution in [3.63, 3.8) is 0 Å². The molecule has 0 unspecified atom stereocenters. The van der Waals surface area contributed by atoms with E-state index in [0.717, 1.165) is 12.8 Å². The van der Waals surface area contributed by atoms with Crippen LogP contribution in [0.4, 0.5) is 5.69 Å². The van der Waals surface area contributed by atoms with E-state index in [1.165, 1.54) is 0 Å². The van der Waals surface area contributed by atoms with Gasteiger partial charge in [0.2, 0.25) is 0 Å². The second-order valence-electron chi connectivity index (χ2n) is 8.60. The van der Waals surface area contributed by atoms with Crippen molar-refractivity contribution in [1.82, 2.24) is 9.78 Å². The van der Waals surface area contributed by atoms with E-state index < -0.39 is 13.2 Å². The minimum Gasteiger partial charge on any atom is -0.472 e. The van der Waals surface area contributed by atoms with Gasteiger partial charge in [0.15, 0.2) is 8.32 Å². The maximum absolute atomic E-state index is 11.5. The average Bonchev–Trinajstić information content (AvgIpc) is 2.91. The number of rotatable bonds is 8. The molecule has 0 aliphatic carbocycles. The third kappa shape index (κ3) is 5.29. The van der Waals surface area contributed by atoms with E-state index in [0.29, 0.717) is 38.5 Å². The van der Waals surface area contributed by atoms with Crippen LogP contribution in [0.3, 0.4) is 0 Å². The number of nitro groups is 1. The van der Waals surface area contributed by atoms with Crippen LogP contribution in [0.15, 0.2) is 0 Å². The summed E-state index contributed by atoms with van der Waals surface area (Å²) in [7, 11) is -1.79. The van der Waals surface area contributed by atoms with Crippen molar-refractivity contribution < 1.29 is 18.8 Å². The van der Waals surface area contributed by atoms with Gasteiger partial charge in [-0.25, -0.2) is 0 Å². The molecule has 0 amide bonds. The second kappa shape index (κ2) is 8.70. The van der Waals surface area contributed by atoms with Gasteiger partial charge in [-0.05, 0) is 37.9 Å². The molecular weight excluding hydrogens is 366 g/mol. The van der Waals surface area contributed by atoms with E-state index in [2.05, 4.69) is 39.0 Å². The first-order valence-electron chi connectivity index (χ1n) is 9.62. The van der Waals surface area contributed by atoms with Crippen LogP contribution in [0.2, 0.25) is 18.1 Å². The maximum atomic E-state index is 11.5. The summed E-state index contributed by atoms with van der Waals surface area (Å²) in [4.78, 5) is 11.1. The lowest BCUT2D eigenvalue weighted by atomic mass is 10.1. The fourth-order valence-corrected chi connectivity index (χ4v) is 3.94. The molecule has 2 heterocycles. The molecule has 0 radical (unpaired) electrons. The predicted octanol–water partition coefficient (Wildman–Crippen LogP) is 4.24. The number of hydrogen-bond donors (Lipinski definition) is 0. The van der Waals surface area contributed by atoms with Crippen molar-refractivity contribution in [2.24, 2.45) is 0 Å². The summed E-state index contributed by atoms with van der Waals surface area (Å²) in [5.41, 5.74) is 0.506. The predicted molar refractivity (Wildman–Crippen MR) is 106 cm³/mol. The molecule has 1 saturated heterocycles. The highest BCUT2D eigenvalue weighted by Gasteiger charge is 2.37. The van der Waals surface area contributed by atoms with Crippen LogP contribution in [-0.4, -0.2) is 49.4 Å². The molecule has 8 nitrogen and oxygen atoms in total. The van der Waals surface area contributed by atoms with Crippen LogP contribution in [0.1, 0.15) is 51.8 Å². The van der Waals surface area contributed by atoms with Gasteiger partial charge in [-0.2, -0.15) is 0 Å². The Hall–Kier alpha value is -1.45. The Labute approximate surface area is 162 Å². The van der Waals surface area contributed by atoms with E-state index in [9.17, 15) is 10.1 Å². The Morgan fingerprint density at radius 1 is 1.30 bits per heavy atom. The summed E-state index contributed by atoms with van der Waals surface area (Å²) >= 11 is 0. The fourth-order valence-electron chi connectivity index (χ4n) is 2.85. The Bertz CT molecular complexity index is 648. The van der Waals surface area contributed by atoms with E-state index in [-0.39, 0.29) is 22.6 Å². The summed E-state index contributed by atoms with van der Waals surface area (Å²) in [6, 6.07) is 0.122. The fraction of sp³-hybridized carbons (Fsp3) is 0.833. The maximum Gasteiger partial charge on any atom is 0.352 e. The molecule has 0 atom stereocenters. The third-order valence-corrected chi connectivity index (χ3v) is 10.1. The smallest absolute Gasteiger partial charge is 0.352 e. The number of ether oxygens (including phenoxy) is 2. The molecule has 1 aliphatic heterocycles. The summed E-state index contributed by atoms with van der Waals surface area (Å²) in [6.07, 6.45) is 2.28. The summed E-state index contributed by atoms with van der Waals surface area (Å²) in [5.74, 6) is 0.108. The zero-order valence-corrected chi connectivity index (χ0v) is 18.4. The van der Waals surface area contributed by atoms with Crippen LogP contribution in [0, 0.1) is 17.0 Å². The Morgan fingerprint density at radius 3 is 2.48 bits per heavy atom. The number of hydrogen-bond acceptors (Lipinski definition) is 6. The van der Waals surface area contributed by atoms with Crippen molar-refractivity contribution >= 4 is 14.0 Å². The molecule has 9 heteroatoms. The van der Waals surface area contributed by atoms with Crippen molar-refractivity contribution in [2.75, 3.05) is 26.4 Å². The lowest BCUT2D eigenvalue weighted by Gasteiger charge is -2.36. The minimum absolute atomic E-state index is 0.0354. The summed E-state index contributed by atoms with van der Waals surface area (Å²) < 4.78 is 18.9. The average molecular weight is 400 g/mol. The summed E-state index contributed by atoms with van der Waals surface area (Å²) in [6.45, 7) is 15.0. The molecule has 2 rings (SSSR count). The van der Waals surface area contributed by atoms with E-state index in [4.69, 9.17) is 13.9 Å². The number of nitrogens with zero attached hydrogens (tertiary/aromatic N) is 3. The molecular formula is C18H33N3O5Si. The molecule has 1 fully saturated rings. The van der Waals surface area contributed by atoms with Gasteiger partial charge in [0.1, 0.15) is 5.69 Å². The van der Waals surface area contributed by atoms with Gasteiger partial charge in [0, 0.05) is 26.2 Å². The Morgan fingerprint density at radius 2 is 1.93 bits per heavy atom. The summed E-state index contributed by atoms with van der Waals surface area (Å²) in [5, 5.41) is 16.1. The molecule has 0 saturated carbocycles. The van der Waals surface area contributed by atoms with Crippen LogP contribution in [0.25, 0.3) is 0 Å². The zero-order valence-electron chi connectivity index (χ0n) is 17.4. The molecule has 154 valence electrons. The standard InChI is InChI=1S/C18H33N3O5Si/c1-14-16(21(22)23)17(19-20(14)15-8-12-24-13-9-15)25-10-7-11-26-27(5,6)18(2,3)4/h15H,7-13H2,1-6H3. The van der Waals surface area contributed by atoms with E-state index in [1.54, 1.807) is 11.6 Å². The largest absolute Gasteiger partial charge is 0.472 e. The molecule has 0 N–H and O–H groups in total. The lowest BCUT2D eigenvalue weighted by Crippen LogP contribution is -2.41. The topological polar surface area (TPSA) is 88.7 Å². The van der Waals surface area contributed by atoms with Gasteiger partial charge in [-0.3, -0.25) is 14.8 Å². The lowest BCUT2D eigenvalue weighted by molar-refractivity contribution is -0.386. The second-order valence-corrected chi connectivity index (χ2v) is 13.4. The third-order valence-electron chi connectivity index (χ3n) is 5.60. The van der Waals surface area contributed by atoms with Gasteiger partial charge in [0.25, 0.3) is 0 Å². The molecule has 1 aliphatic rings. The van der Waals surface area contributed by atoms with Crippen molar-refractivity contribution in [3.05, 3.63) is 15.8 Å². The van der Waals surface area contributed by atoms with Crippen molar-refractivity contribution in [2.45, 2.75) is 71.1 Å². The highest BCUT2D eigenvalue weighted by atomic mass is 28.4.